The van der Waals surface area contributed by atoms with Gasteiger partial charge >= 0.3 is 8.48 Å². The molecule has 0 heterocycles. The van der Waals surface area contributed by atoms with Crippen LogP contribution in [0.25, 0.3) is 0 Å². The van der Waals surface area contributed by atoms with Crippen LogP contribution in [0.2, 0.25) is 6.55 Å². The monoisotopic (exact) mass is 199 g/mol. The highest BCUT2D eigenvalue weighted by Crippen LogP contribution is 2.15. The molecule has 1 unspecified atom stereocenters. The summed E-state index contributed by atoms with van der Waals surface area (Å²) in [5, 5.41) is 0. The van der Waals surface area contributed by atoms with Crippen LogP contribution in [0.5, 0.6) is 0 Å². The molecule has 0 spiro atoms. The van der Waals surface area contributed by atoms with E-state index in [-0.39, 0.29) is 0 Å². The third-order valence-corrected chi connectivity index (χ3v) is 5.56. The quantitative estimate of drug-likeness (QED) is 0.482. The molecule has 0 fully saturated rings. The molecule has 0 aliphatic rings. The van der Waals surface area contributed by atoms with Crippen molar-refractivity contribution >= 4 is 8.48 Å². The third kappa shape index (κ3) is 3.36. The smallest absolute Gasteiger partial charge is 0.353 e. The molecule has 0 rings (SSSR count). The number of allylic oxidation sites excluding steroid dienone is 1. The number of hydrogen-bond acceptors (Lipinski definition) is 2. The fourth-order valence-corrected chi connectivity index (χ4v) is 3.87. The Morgan fingerprint density at radius 3 is 2.15 bits per heavy atom. The highest BCUT2D eigenvalue weighted by atomic mass is 28.4. The maximum Gasteiger partial charge on any atom is 0.353 e. The molecule has 0 N–H and O–H groups in total. The second-order valence-electron chi connectivity index (χ2n) is 3.24. The summed E-state index contributed by atoms with van der Waals surface area (Å²) in [6.07, 6.45) is 0. The Morgan fingerprint density at radius 2 is 1.92 bits per heavy atom. The average Bonchev–Trinajstić information content (AvgIpc) is 2.05. The lowest BCUT2D eigenvalue weighted by molar-refractivity contribution is 0.325. The summed E-state index contributed by atoms with van der Waals surface area (Å²) in [6, 6.07) is 0. The Hall–Kier alpha value is -0.543. The molecule has 0 aliphatic heterocycles. The molecular weight excluding hydrogens is 178 g/mol. The SMILES string of the molecule is C=C[Si](C)(OC(=C)C)N(CC)CC. The predicted octanol–water partition coefficient (Wildman–Crippen LogP) is 2.68. The van der Waals surface area contributed by atoms with E-state index in [1.54, 1.807) is 0 Å². The largest absolute Gasteiger partial charge is 0.530 e. The molecule has 0 saturated heterocycles. The van der Waals surface area contributed by atoms with Crippen LogP contribution in [0, 0.1) is 0 Å². The average molecular weight is 199 g/mol. The van der Waals surface area contributed by atoms with Gasteiger partial charge in [0.05, 0.1) is 5.76 Å². The molecule has 0 radical (unpaired) electrons. The van der Waals surface area contributed by atoms with Gasteiger partial charge in [0, 0.05) is 0 Å². The Balaban J connectivity index is 4.58. The minimum atomic E-state index is -1.92. The Kier molecular flexibility index (Phi) is 5.02. The van der Waals surface area contributed by atoms with E-state index in [9.17, 15) is 0 Å². The summed E-state index contributed by atoms with van der Waals surface area (Å²) in [7, 11) is -1.92. The van der Waals surface area contributed by atoms with Crippen molar-refractivity contribution in [3.05, 3.63) is 24.6 Å². The first-order valence-corrected chi connectivity index (χ1v) is 7.16. The minimum absolute atomic E-state index is 0.779. The summed E-state index contributed by atoms with van der Waals surface area (Å²) in [4.78, 5) is 0. The zero-order valence-electron chi connectivity index (χ0n) is 9.26. The van der Waals surface area contributed by atoms with Gasteiger partial charge in [-0.25, -0.2) is 0 Å². The summed E-state index contributed by atoms with van der Waals surface area (Å²) in [6.45, 7) is 17.9. The van der Waals surface area contributed by atoms with Crippen LogP contribution in [-0.4, -0.2) is 26.1 Å². The summed E-state index contributed by atoms with van der Waals surface area (Å²) >= 11 is 0. The standard InChI is InChI=1S/C10H21NOSi/c1-7-11(8-2)13(6,9-3)12-10(4)5/h9H,3-4,7-8H2,1-2,5-6H3. The van der Waals surface area contributed by atoms with Gasteiger partial charge in [-0.05, 0) is 32.3 Å². The van der Waals surface area contributed by atoms with Crippen LogP contribution in [0.3, 0.4) is 0 Å². The normalized spacial score (nSPS) is 15.2. The molecule has 0 saturated carbocycles. The topological polar surface area (TPSA) is 12.5 Å². The Labute approximate surface area is 83.1 Å². The molecule has 0 aromatic rings. The molecule has 0 aliphatic carbocycles. The van der Waals surface area contributed by atoms with E-state index in [0.717, 1.165) is 18.8 Å². The molecule has 76 valence electrons. The lowest BCUT2D eigenvalue weighted by Crippen LogP contribution is -2.51. The molecule has 3 heteroatoms. The summed E-state index contributed by atoms with van der Waals surface area (Å²) in [5.41, 5.74) is 1.95. The number of hydrogen-bond donors (Lipinski definition) is 0. The highest BCUT2D eigenvalue weighted by Gasteiger charge is 2.33. The minimum Gasteiger partial charge on any atom is -0.530 e. The zero-order valence-corrected chi connectivity index (χ0v) is 10.3. The Morgan fingerprint density at radius 1 is 1.46 bits per heavy atom. The molecule has 0 aromatic carbocycles. The fourth-order valence-electron chi connectivity index (χ4n) is 1.44. The molecule has 0 amide bonds. The van der Waals surface area contributed by atoms with Crippen LogP contribution in [0.4, 0.5) is 0 Å². The maximum atomic E-state index is 5.78. The van der Waals surface area contributed by atoms with Crippen molar-refractivity contribution in [3.63, 3.8) is 0 Å². The van der Waals surface area contributed by atoms with Crippen LogP contribution in [-0.2, 0) is 4.43 Å². The van der Waals surface area contributed by atoms with Gasteiger partial charge in [-0.1, -0.05) is 20.4 Å². The van der Waals surface area contributed by atoms with Gasteiger partial charge in [0.1, 0.15) is 0 Å². The zero-order chi connectivity index (χ0) is 10.5. The van der Waals surface area contributed by atoms with Gasteiger partial charge < -0.3 is 4.43 Å². The van der Waals surface area contributed by atoms with Gasteiger partial charge in [0.15, 0.2) is 0 Å². The van der Waals surface area contributed by atoms with Crippen LogP contribution in [0.1, 0.15) is 20.8 Å². The second-order valence-corrected chi connectivity index (χ2v) is 6.59. The molecule has 1 atom stereocenters. The molecule has 2 nitrogen and oxygen atoms in total. The first kappa shape index (κ1) is 12.5. The predicted molar refractivity (Wildman–Crippen MR) is 60.6 cm³/mol. The first-order valence-electron chi connectivity index (χ1n) is 4.73. The van der Waals surface area contributed by atoms with Gasteiger partial charge in [0.2, 0.25) is 0 Å². The number of rotatable bonds is 6. The van der Waals surface area contributed by atoms with Crippen molar-refractivity contribution in [2.45, 2.75) is 27.3 Å². The molecular formula is C10H21NOSi. The van der Waals surface area contributed by atoms with E-state index in [2.05, 4.69) is 38.1 Å². The fraction of sp³-hybridized carbons (Fsp3) is 0.600. The molecule has 13 heavy (non-hydrogen) atoms. The maximum absolute atomic E-state index is 5.78. The van der Waals surface area contributed by atoms with Gasteiger partial charge in [-0.3, -0.25) is 4.57 Å². The highest BCUT2D eigenvalue weighted by molar-refractivity contribution is 6.74. The van der Waals surface area contributed by atoms with Crippen LogP contribution < -0.4 is 0 Å². The second kappa shape index (κ2) is 5.24. The van der Waals surface area contributed by atoms with E-state index >= 15 is 0 Å². The van der Waals surface area contributed by atoms with Crippen molar-refractivity contribution in [3.8, 4) is 0 Å². The number of nitrogens with zero attached hydrogens (tertiary/aromatic N) is 1. The van der Waals surface area contributed by atoms with Gasteiger partial charge in [0.25, 0.3) is 0 Å². The third-order valence-electron chi connectivity index (χ3n) is 2.15. The van der Waals surface area contributed by atoms with Crippen molar-refractivity contribution < 1.29 is 4.43 Å². The van der Waals surface area contributed by atoms with Gasteiger partial charge in [-0.15, -0.1) is 6.58 Å². The Bertz CT molecular complexity index is 189. The van der Waals surface area contributed by atoms with E-state index in [1.165, 1.54) is 0 Å². The molecule has 0 aromatic heterocycles. The van der Waals surface area contributed by atoms with Crippen molar-refractivity contribution in [2.24, 2.45) is 0 Å². The van der Waals surface area contributed by atoms with E-state index in [0.29, 0.717) is 0 Å². The van der Waals surface area contributed by atoms with Crippen molar-refractivity contribution in [1.29, 1.82) is 0 Å². The van der Waals surface area contributed by atoms with Gasteiger partial charge in [-0.2, -0.15) is 0 Å². The van der Waals surface area contributed by atoms with E-state index < -0.39 is 8.48 Å². The van der Waals surface area contributed by atoms with Crippen molar-refractivity contribution in [1.82, 2.24) is 4.57 Å². The summed E-state index contributed by atoms with van der Waals surface area (Å²) in [5.74, 6) is 0.779. The first-order chi connectivity index (χ1) is 6.00. The van der Waals surface area contributed by atoms with E-state index in [1.807, 2.05) is 12.6 Å². The molecule has 0 bridgehead atoms. The summed E-state index contributed by atoms with van der Waals surface area (Å²) < 4.78 is 8.11. The van der Waals surface area contributed by atoms with E-state index in [4.69, 9.17) is 4.43 Å². The van der Waals surface area contributed by atoms with Crippen LogP contribution in [0.15, 0.2) is 24.6 Å². The van der Waals surface area contributed by atoms with Crippen molar-refractivity contribution in [2.75, 3.05) is 13.1 Å². The lowest BCUT2D eigenvalue weighted by atomic mass is 10.7. The lowest BCUT2D eigenvalue weighted by Gasteiger charge is -2.35. The van der Waals surface area contributed by atoms with Crippen LogP contribution >= 0.6 is 0 Å².